The number of carbonyl (C=O) groups is 1. The standard InChI is InChI=1S/C15H20N2O2/c1-15(2,11-17-14(18)8-9-16)10-12-6-4-5-7-13(12)19-3/h4-7H,8,10-11H2,1-3H3,(H,17,18). The molecule has 102 valence electrons. The number of nitrogens with zero attached hydrogens (tertiary/aromatic N) is 1. The molecular formula is C15H20N2O2. The summed E-state index contributed by atoms with van der Waals surface area (Å²) in [4.78, 5) is 11.3. The highest BCUT2D eigenvalue weighted by molar-refractivity contribution is 5.77. The van der Waals surface area contributed by atoms with E-state index >= 15 is 0 Å². The molecule has 0 unspecified atom stereocenters. The van der Waals surface area contributed by atoms with Gasteiger partial charge < -0.3 is 10.1 Å². The van der Waals surface area contributed by atoms with Crippen LogP contribution in [-0.2, 0) is 11.2 Å². The van der Waals surface area contributed by atoms with Crippen LogP contribution in [0.1, 0.15) is 25.8 Å². The Morgan fingerprint density at radius 1 is 1.42 bits per heavy atom. The Labute approximate surface area is 114 Å². The summed E-state index contributed by atoms with van der Waals surface area (Å²) in [6.45, 7) is 4.68. The van der Waals surface area contributed by atoms with Crippen LogP contribution in [-0.4, -0.2) is 19.6 Å². The smallest absolute Gasteiger partial charge is 0.234 e. The number of amides is 1. The van der Waals surface area contributed by atoms with Crippen molar-refractivity contribution in [2.24, 2.45) is 5.41 Å². The van der Waals surface area contributed by atoms with Crippen molar-refractivity contribution in [1.82, 2.24) is 5.32 Å². The summed E-state index contributed by atoms with van der Waals surface area (Å²) in [6, 6.07) is 9.70. The molecule has 0 saturated carbocycles. The van der Waals surface area contributed by atoms with Crippen LogP contribution in [0.5, 0.6) is 5.75 Å². The number of para-hydroxylation sites is 1. The van der Waals surface area contributed by atoms with E-state index in [1.807, 2.05) is 30.3 Å². The molecule has 1 rings (SSSR count). The normalized spacial score (nSPS) is 10.6. The van der Waals surface area contributed by atoms with Gasteiger partial charge in [-0.3, -0.25) is 4.79 Å². The summed E-state index contributed by atoms with van der Waals surface area (Å²) < 4.78 is 5.32. The van der Waals surface area contributed by atoms with E-state index in [0.29, 0.717) is 6.54 Å². The molecule has 4 heteroatoms. The highest BCUT2D eigenvalue weighted by Gasteiger charge is 2.21. The number of nitrogens with one attached hydrogen (secondary N) is 1. The third kappa shape index (κ3) is 5.01. The van der Waals surface area contributed by atoms with Crippen molar-refractivity contribution in [2.75, 3.05) is 13.7 Å². The zero-order valence-electron chi connectivity index (χ0n) is 11.7. The fourth-order valence-electron chi connectivity index (χ4n) is 1.90. The second kappa shape index (κ2) is 6.79. The Kier molecular flexibility index (Phi) is 5.37. The molecule has 0 aliphatic heterocycles. The monoisotopic (exact) mass is 260 g/mol. The lowest BCUT2D eigenvalue weighted by Crippen LogP contribution is -2.35. The number of hydrogen-bond donors (Lipinski definition) is 1. The van der Waals surface area contributed by atoms with Gasteiger partial charge in [-0.05, 0) is 23.5 Å². The van der Waals surface area contributed by atoms with E-state index in [1.165, 1.54) is 0 Å². The third-order valence-electron chi connectivity index (χ3n) is 2.87. The summed E-state index contributed by atoms with van der Waals surface area (Å²) in [7, 11) is 1.65. The lowest BCUT2D eigenvalue weighted by Gasteiger charge is -2.25. The second-order valence-electron chi connectivity index (χ2n) is 5.26. The number of ether oxygens (including phenoxy) is 1. The van der Waals surface area contributed by atoms with Crippen LogP contribution in [0.3, 0.4) is 0 Å². The summed E-state index contributed by atoms with van der Waals surface area (Å²) >= 11 is 0. The van der Waals surface area contributed by atoms with Gasteiger partial charge in [0.25, 0.3) is 0 Å². The van der Waals surface area contributed by atoms with Gasteiger partial charge in [0.05, 0.1) is 13.2 Å². The number of rotatable bonds is 6. The maximum Gasteiger partial charge on any atom is 0.234 e. The Balaban J connectivity index is 2.63. The zero-order valence-corrected chi connectivity index (χ0v) is 11.7. The molecule has 1 aromatic rings. The second-order valence-corrected chi connectivity index (χ2v) is 5.26. The van der Waals surface area contributed by atoms with Crippen LogP contribution in [0, 0.1) is 16.7 Å². The number of nitriles is 1. The van der Waals surface area contributed by atoms with Gasteiger partial charge in [-0.1, -0.05) is 32.0 Å². The average Bonchev–Trinajstić information content (AvgIpc) is 2.37. The molecule has 1 aromatic carbocycles. The molecule has 0 spiro atoms. The van der Waals surface area contributed by atoms with Crippen molar-refractivity contribution in [2.45, 2.75) is 26.7 Å². The predicted molar refractivity (Wildman–Crippen MR) is 73.7 cm³/mol. The molecule has 0 aliphatic rings. The maximum atomic E-state index is 11.3. The molecule has 4 nitrogen and oxygen atoms in total. The fourth-order valence-corrected chi connectivity index (χ4v) is 1.90. The SMILES string of the molecule is COc1ccccc1CC(C)(C)CNC(=O)CC#N. The quantitative estimate of drug-likeness (QED) is 0.853. The van der Waals surface area contributed by atoms with Crippen LogP contribution >= 0.6 is 0 Å². The first kappa shape index (κ1) is 15.0. The maximum absolute atomic E-state index is 11.3. The predicted octanol–water partition coefficient (Wildman–Crippen LogP) is 2.29. The molecule has 0 aromatic heterocycles. The first-order valence-corrected chi connectivity index (χ1v) is 6.24. The molecule has 0 aliphatic carbocycles. The van der Waals surface area contributed by atoms with Gasteiger partial charge >= 0.3 is 0 Å². The highest BCUT2D eigenvalue weighted by Crippen LogP contribution is 2.27. The largest absolute Gasteiger partial charge is 0.496 e. The minimum absolute atomic E-state index is 0.0925. The highest BCUT2D eigenvalue weighted by atomic mass is 16.5. The van der Waals surface area contributed by atoms with Gasteiger partial charge in [0, 0.05) is 6.54 Å². The van der Waals surface area contributed by atoms with E-state index in [1.54, 1.807) is 7.11 Å². The zero-order chi connectivity index (χ0) is 14.3. The van der Waals surface area contributed by atoms with Gasteiger partial charge in [0.1, 0.15) is 12.2 Å². The van der Waals surface area contributed by atoms with Crippen LogP contribution in [0.4, 0.5) is 0 Å². The summed E-state index contributed by atoms with van der Waals surface area (Å²) in [5.74, 6) is 0.634. The fraction of sp³-hybridized carbons (Fsp3) is 0.467. The van der Waals surface area contributed by atoms with Crippen molar-refractivity contribution in [1.29, 1.82) is 5.26 Å². The lowest BCUT2D eigenvalue weighted by molar-refractivity contribution is -0.120. The Morgan fingerprint density at radius 2 is 2.11 bits per heavy atom. The average molecular weight is 260 g/mol. The van der Waals surface area contributed by atoms with E-state index < -0.39 is 0 Å². The van der Waals surface area contributed by atoms with Crippen molar-refractivity contribution >= 4 is 5.91 Å². The molecular weight excluding hydrogens is 240 g/mol. The number of carbonyl (C=O) groups excluding carboxylic acids is 1. The third-order valence-corrected chi connectivity index (χ3v) is 2.87. The molecule has 0 fully saturated rings. The Hall–Kier alpha value is -2.02. The van der Waals surface area contributed by atoms with Crippen LogP contribution in [0.2, 0.25) is 0 Å². The first-order valence-electron chi connectivity index (χ1n) is 6.24. The number of hydrogen-bond acceptors (Lipinski definition) is 3. The van der Waals surface area contributed by atoms with Crippen molar-refractivity contribution in [3.05, 3.63) is 29.8 Å². The van der Waals surface area contributed by atoms with Gasteiger partial charge in [0.15, 0.2) is 0 Å². The van der Waals surface area contributed by atoms with Crippen LogP contribution < -0.4 is 10.1 Å². The number of methoxy groups -OCH3 is 1. The molecule has 1 amide bonds. The number of benzene rings is 1. The van der Waals surface area contributed by atoms with Crippen molar-refractivity contribution in [3.8, 4) is 11.8 Å². The Bertz CT molecular complexity index is 475. The first-order chi connectivity index (χ1) is 8.98. The van der Waals surface area contributed by atoms with Gasteiger partial charge in [0.2, 0.25) is 5.91 Å². The molecule has 0 radical (unpaired) electrons. The summed E-state index contributed by atoms with van der Waals surface area (Å²) in [6.07, 6.45) is 0.703. The molecule has 0 bridgehead atoms. The molecule has 0 heterocycles. The van der Waals surface area contributed by atoms with E-state index in [2.05, 4.69) is 19.2 Å². The molecule has 0 saturated heterocycles. The van der Waals surface area contributed by atoms with Crippen LogP contribution in [0.15, 0.2) is 24.3 Å². The van der Waals surface area contributed by atoms with Crippen molar-refractivity contribution in [3.63, 3.8) is 0 Å². The minimum atomic E-state index is -0.226. The Morgan fingerprint density at radius 3 is 2.74 bits per heavy atom. The molecule has 19 heavy (non-hydrogen) atoms. The summed E-state index contributed by atoms with van der Waals surface area (Å²) in [5, 5.41) is 11.2. The van der Waals surface area contributed by atoms with Gasteiger partial charge in [-0.2, -0.15) is 5.26 Å². The van der Waals surface area contributed by atoms with Crippen molar-refractivity contribution < 1.29 is 9.53 Å². The van der Waals surface area contributed by atoms with Crippen LogP contribution in [0.25, 0.3) is 0 Å². The lowest BCUT2D eigenvalue weighted by atomic mass is 9.85. The van der Waals surface area contributed by atoms with E-state index in [4.69, 9.17) is 10.00 Å². The van der Waals surface area contributed by atoms with Gasteiger partial charge in [-0.15, -0.1) is 0 Å². The molecule has 1 N–H and O–H groups in total. The topological polar surface area (TPSA) is 62.1 Å². The van der Waals surface area contributed by atoms with E-state index in [-0.39, 0.29) is 17.7 Å². The van der Waals surface area contributed by atoms with E-state index in [0.717, 1.165) is 17.7 Å². The summed E-state index contributed by atoms with van der Waals surface area (Å²) in [5.41, 5.74) is 1.02. The minimum Gasteiger partial charge on any atom is -0.496 e. The van der Waals surface area contributed by atoms with E-state index in [9.17, 15) is 4.79 Å². The molecule has 0 atom stereocenters. The van der Waals surface area contributed by atoms with Gasteiger partial charge in [-0.25, -0.2) is 0 Å².